The van der Waals surface area contributed by atoms with Crippen molar-refractivity contribution in [1.29, 1.82) is 0 Å². The number of carbonyl (C=O) groups is 1. The molecule has 0 aromatic heterocycles. The van der Waals surface area contributed by atoms with Crippen LogP contribution in [0.5, 0.6) is 0 Å². The normalized spacial score (nSPS) is 11.8. The topological polar surface area (TPSA) is 69.6 Å². The molecule has 0 unspecified atom stereocenters. The summed E-state index contributed by atoms with van der Waals surface area (Å²) >= 11 is 1.55. The Balaban J connectivity index is 0. The zero-order chi connectivity index (χ0) is 7.98. The molecule has 0 aliphatic heterocycles. The van der Waals surface area contributed by atoms with Crippen LogP contribution in [-0.2, 0) is 4.79 Å². The molecule has 6 heteroatoms. The molecular formula is C5H15GeNO3S. The van der Waals surface area contributed by atoms with E-state index in [2.05, 4.69) is 0 Å². The summed E-state index contributed by atoms with van der Waals surface area (Å²) in [7, 11) is 0. The summed E-state index contributed by atoms with van der Waals surface area (Å²) in [5.74, 6) is -0.290. The quantitative estimate of drug-likeness (QED) is 0.413. The molecule has 68 valence electrons. The number of carboxylic acids is 1. The molecule has 0 aliphatic carbocycles. The SMILES string of the molecule is CSCC[C@H](NO)C(=O)O.[GeH4]. The van der Waals surface area contributed by atoms with E-state index in [0.717, 1.165) is 5.75 Å². The number of rotatable bonds is 5. The van der Waals surface area contributed by atoms with E-state index in [1.807, 2.05) is 6.26 Å². The third kappa shape index (κ3) is 6.67. The van der Waals surface area contributed by atoms with Crippen LogP contribution in [0.4, 0.5) is 0 Å². The molecule has 0 radical (unpaired) electrons. The molecule has 0 aromatic rings. The molecule has 0 saturated carbocycles. The molecule has 0 spiro atoms. The number of hydrogen-bond acceptors (Lipinski definition) is 4. The van der Waals surface area contributed by atoms with Gasteiger partial charge in [0, 0.05) is 0 Å². The van der Waals surface area contributed by atoms with E-state index in [9.17, 15) is 4.79 Å². The Labute approximate surface area is 80.7 Å². The fourth-order valence-electron chi connectivity index (χ4n) is 0.479. The molecule has 11 heavy (non-hydrogen) atoms. The first kappa shape index (κ1) is 13.8. The van der Waals surface area contributed by atoms with E-state index in [4.69, 9.17) is 10.3 Å². The molecule has 0 saturated heterocycles. The van der Waals surface area contributed by atoms with Crippen LogP contribution in [0.3, 0.4) is 0 Å². The van der Waals surface area contributed by atoms with Crippen molar-refractivity contribution in [3.8, 4) is 0 Å². The molecule has 1 atom stereocenters. The molecular weight excluding hydrogens is 227 g/mol. The van der Waals surface area contributed by atoms with Crippen LogP contribution < -0.4 is 5.48 Å². The van der Waals surface area contributed by atoms with E-state index in [1.165, 1.54) is 0 Å². The van der Waals surface area contributed by atoms with Gasteiger partial charge in [-0.05, 0) is 18.4 Å². The first-order valence-corrected chi connectivity index (χ1v) is 4.23. The predicted molar refractivity (Wildman–Crippen MR) is 50.7 cm³/mol. The van der Waals surface area contributed by atoms with Gasteiger partial charge in [-0.2, -0.15) is 17.2 Å². The Hall–Kier alpha value is 0.283. The average Bonchev–Trinajstić information content (AvgIpc) is 1.89. The first-order valence-electron chi connectivity index (χ1n) is 2.83. The first-order chi connectivity index (χ1) is 4.72. The average molecular weight is 242 g/mol. The van der Waals surface area contributed by atoms with Crippen LogP contribution in [0.25, 0.3) is 0 Å². The third-order valence-corrected chi connectivity index (χ3v) is 1.71. The van der Waals surface area contributed by atoms with Crippen molar-refractivity contribution in [3.05, 3.63) is 0 Å². The molecule has 0 aromatic carbocycles. The molecule has 0 bridgehead atoms. The minimum absolute atomic E-state index is 0. The van der Waals surface area contributed by atoms with Gasteiger partial charge in [0.15, 0.2) is 0 Å². The summed E-state index contributed by atoms with van der Waals surface area (Å²) in [6.45, 7) is 0. The number of aliphatic carboxylic acids is 1. The number of carboxylic acid groups (broad SMARTS) is 1. The van der Waals surface area contributed by atoms with Crippen molar-refractivity contribution in [2.45, 2.75) is 12.5 Å². The fourth-order valence-corrected chi connectivity index (χ4v) is 0.950. The van der Waals surface area contributed by atoms with Gasteiger partial charge in [-0.25, -0.2) is 0 Å². The summed E-state index contributed by atoms with van der Waals surface area (Å²) in [5, 5.41) is 16.7. The van der Waals surface area contributed by atoms with Crippen LogP contribution in [0.1, 0.15) is 6.42 Å². The van der Waals surface area contributed by atoms with Gasteiger partial charge in [0.1, 0.15) is 6.04 Å². The zero-order valence-electron chi connectivity index (χ0n) is 5.70. The summed E-state index contributed by atoms with van der Waals surface area (Å²) in [5.41, 5.74) is 1.72. The van der Waals surface area contributed by atoms with Gasteiger partial charge in [-0.1, -0.05) is 0 Å². The maximum atomic E-state index is 10.2. The van der Waals surface area contributed by atoms with E-state index < -0.39 is 12.0 Å². The van der Waals surface area contributed by atoms with Gasteiger partial charge < -0.3 is 10.3 Å². The zero-order valence-corrected chi connectivity index (χ0v) is 6.52. The van der Waals surface area contributed by atoms with Crippen molar-refractivity contribution in [2.24, 2.45) is 0 Å². The second-order valence-electron chi connectivity index (χ2n) is 1.80. The van der Waals surface area contributed by atoms with Crippen molar-refractivity contribution in [2.75, 3.05) is 12.0 Å². The van der Waals surface area contributed by atoms with E-state index in [0.29, 0.717) is 6.42 Å². The molecule has 0 amide bonds. The second-order valence-corrected chi connectivity index (χ2v) is 2.79. The summed E-state index contributed by atoms with van der Waals surface area (Å²) < 4.78 is 0. The standard InChI is InChI=1S/C5H11NO3S.GeH4/c1-10-3-2-4(6-9)5(7)8;/h4,6,9H,2-3H2,1H3,(H,7,8);1H4/t4-;/m0./s1. The van der Waals surface area contributed by atoms with E-state index in [-0.39, 0.29) is 17.6 Å². The van der Waals surface area contributed by atoms with Crippen LogP contribution >= 0.6 is 11.8 Å². The fraction of sp³-hybridized carbons (Fsp3) is 0.800. The van der Waals surface area contributed by atoms with Crippen molar-refractivity contribution in [1.82, 2.24) is 5.48 Å². The Morgan fingerprint density at radius 1 is 1.73 bits per heavy atom. The van der Waals surface area contributed by atoms with Crippen molar-refractivity contribution in [3.63, 3.8) is 0 Å². The van der Waals surface area contributed by atoms with Crippen molar-refractivity contribution >= 4 is 35.3 Å². The van der Waals surface area contributed by atoms with Gasteiger partial charge >= 0.3 is 23.6 Å². The van der Waals surface area contributed by atoms with Crippen LogP contribution in [0, 0.1) is 0 Å². The minimum atomic E-state index is -1.02. The van der Waals surface area contributed by atoms with Gasteiger partial charge in [0.05, 0.1) is 0 Å². The number of nitrogens with one attached hydrogen (secondary N) is 1. The predicted octanol–water partition coefficient (Wildman–Crippen LogP) is -1.28. The molecule has 0 heterocycles. The number of thioether (sulfide) groups is 1. The van der Waals surface area contributed by atoms with Gasteiger partial charge in [0.25, 0.3) is 0 Å². The Bertz CT molecular complexity index is 114. The van der Waals surface area contributed by atoms with Gasteiger partial charge in [0.2, 0.25) is 0 Å². The van der Waals surface area contributed by atoms with Crippen molar-refractivity contribution < 1.29 is 15.1 Å². The summed E-state index contributed by atoms with van der Waals surface area (Å²) in [6.07, 6.45) is 2.32. The summed E-state index contributed by atoms with van der Waals surface area (Å²) in [6, 6.07) is -0.826. The Kier molecular flexibility index (Phi) is 10.5. The van der Waals surface area contributed by atoms with Crippen LogP contribution in [0.15, 0.2) is 0 Å². The molecule has 0 aliphatic rings. The molecule has 0 rings (SSSR count). The summed E-state index contributed by atoms with van der Waals surface area (Å²) in [4.78, 5) is 10.2. The number of hydrogen-bond donors (Lipinski definition) is 3. The second kappa shape index (κ2) is 8.38. The Morgan fingerprint density at radius 3 is 2.55 bits per heavy atom. The Morgan fingerprint density at radius 2 is 2.27 bits per heavy atom. The van der Waals surface area contributed by atoms with E-state index in [1.54, 1.807) is 17.2 Å². The molecule has 3 N–H and O–H groups in total. The maximum absolute atomic E-state index is 10.2. The molecule has 4 nitrogen and oxygen atoms in total. The third-order valence-electron chi connectivity index (χ3n) is 1.06. The van der Waals surface area contributed by atoms with Gasteiger partial charge in [-0.15, -0.1) is 0 Å². The van der Waals surface area contributed by atoms with Crippen LogP contribution in [-0.4, -0.2) is 51.9 Å². The van der Waals surface area contributed by atoms with Crippen LogP contribution in [0.2, 0.25) is 0 Å². The monoisotopic (exact) mass is 243 g/mol. The van der Waals surface area contributed by atoms with E-state index >= 15 is 0 Å². The van der Waals surface area contributed by atoms with Gasteiger partial charge in [-0.3, -0.25) is 4.79 Å². The number of hydroxylamine groups is 1. The molecule has 0 fully saturated rings.